The molecule has 0 bridgehead atoms. The van der Waals surface area contributed by atoms with E-state index >= 15 is 0 Å². The molecule has 2 aromatic rings. The third kappa shape index (κ3) is 3.80. The topological polar surface area (TPSA) is 49.9 Å². The maximum atomic E-state index is 13.5. The molecule has 1 aliphatic heterocycles. The van der Waals surface area contributed by atoms with Crippen LogP contribution >= 0.6 is 11.6 Å². The molecule has 7 heteroatoms. The van der Waals surface area contributed by atoms with Crippen LogP contribution in [0.1, 0.15) is 23.2 Å². The minimum Gasteiger partial charge on any atom is -0.497 e. The highest BCUT2D eigenvalue weighted by Crippen LogP contribution is 2.26. The Morgan fingerprint density at radius 2 is 2.12 bits per heavy atom. The SMILES string of the molecule is COc1cccc(C(=O)N(CN2CCCC2=O)c2ccc(F)c(Cl)c2)c1. The van der Waals surface area contributed by atoms with Gasteiger partial charge in [-0.1, -0.05) is 17.7 Å². The average molecular weight is 377 g/mol. The maximum Gasteiger partial charge on any atom is 0.259 e. The van der Waals surface area contributed by atoms with E-state index in [2.05, 4.69) is 0 Å². The lowest BCUT2D eigenvalue weighted by Crippen LogP contribution is -2.42. The largest absolute Gasteiger partial charge is 0.497 e. The van der Waals surface area contributed by atoms with Gasteiger partial charge in [-0.3, -0.25) is 14.5 Å². The van der Waals surface area contributed by atoms with E-state index < -0.39 is 5.82 Å². The lowest BCUT2D eigenvalue weighted by Gasteiger charge is -2.28. The number of benzene rings is 2. The summed E-state index contributed by atoms with van der Waals surface area (Å²) in [5.41, 5.74) is 0.820. The quantitative estimate of drug-likeness (QED) is 0.799. The van der Waals surface area contributed by atoms with Crippen LogP contribution in [-0.2, 0) is 4.79 Å². The monoisotopic (exact) mass is 376 g/mol. The zero-order valence-corrected chi connectivity index (χ0v) is 15.0. The van der Waals surface area contributed by atoms with Crippen LogP contribution < -0.4 is 9.64 Å². The van der Waals surface area contributed by atoms with E-state index in [-0.39, 0.29) is 23.5 Å². The van der Waals surface area contributed by atoms with Gasteiger partial charge in [0.15, 0.2) is 0 Å². The van der Waals surface area contributed by atoms with Gasteiger partial charge in [0.1, 0.15) is 18.2 Å². The fourth-order valence-electron chi connectivity index (χ4n) is 2.85. The Morgan fingerprint density at radius 1 is 1.31 bits per heavy atom. The Labute approximate surface area is 155 Å². The number of amides is 2. The molecule has 0 radical (unpaired) electrons. The van der Waals surface area contributed by atoms with E-state index in [0.717, 1.165) is 6.42 Å². The van der Waals surface area contributed by atoms with E-state index in [9.17, 15) is 14.0 Å². The van der Waals surface area contributed by atoms with Gasteiger partial charge in [-0.25, -0.2) is 4.39 Å². The van der Waals surface area contributed by atoms with E-state index in [0.29, 0.717) is 30.0 Å². The molecule has 3 rings (SSSR count). The molecule has 2 amide bonds. The lowest BCUT2D eigenvalue weighted by atomic mass is 10.1. The van der Waals surface area contributed by atoms with Crippen molar-refractivity contribution in [1.29, 1.82) is 0 Å². The Kier molecular flexibility index (Phi) is 5.42. The van der Waals surface area contributed by atoms with Crippen LogP contribution in [0.25, 0.3) is 0 Å². The van der Waals surface area contributed by atoms with Crippen molar-refractivity contribution in [3.05, 3.63) is 58.9 Å². The number of nitrogens with zero attached hydrogens (tertiary/aromatic N) is 2. The lowest BCUT2D eigenvalue weighted by molar-refractivity contribution is -0.127. The molecule has 0 saturated carbocycles. The fraction of sp³-hybridized carbons (Fsp3) is 0.263. The van der Waals surface area contributed by atoms with Crippen LogP contribution in [0.2, 0.25) is 5.02 Å². The van der Waals surface area contributed by atoms with Crippen molar-refractivity contribution in [2.75, 3.05) is 25.2 Å². The van der Waals surface area contributed by atoms with Gasteiger partial charge in [-0.2, -0.15) is 0 Å². The first-order chi connectivity index (χ1) is 12.5. The highest BCUT2D eigenvalue weighted by molar-refractivity contribution is 6.31. The van der Waals surface area contributed by atoms with Gasteiger partial charge in [0.25, 0.3) is 5.91 Å². The average Bonchev–Trinajstić information content (AvgIpc) is 3.06. The number of rotatable bonds is 5. The van der Waals surface area contributed by atoms with Crippen molar-refractivity contribution in [2.45, 2.75) is 12.8 Å². The molecule has 136 valence electrons. The van der Waals surface area contributed by atoms with Crippen LogP contribution in [0.3, 0.4) is 0 Å². The second-order valence-corrected chi connectivity index (χ2v) is 6.37. The second kappa shape index (κ2) is 7.74. The Hall–Kier alpha value is -2.60. The summed E-state index contributed by atoms with van der Waals surface area (Å²) in [7, 11) is 1.52. The van der Waals surface area contributed by atoms with Crippen molar-refractivity contribution >= 4 is 29.1 Å². The number of hydrogen-bond acceptors (Lipinski definition) is 3. The molecular weight excluding hydrogens is 359 g/mol. The molecular formula is C19H18ClFN2O3. The molecule has 1 saturated heterocycles. The van der Waals surface area contributed by atoms with Gasteiger partial charge in [0.05, 0.1) is 12.1 Å². The normalized spacial score (nSPS) is 13.8. The Morgan fingerprint density at radius 3 is 2.77 bits per heavy atom. The van der Waals surface area contributed by atoms with Gasteiger partial charge in [-0.15, -0.1) is 0 Å². The van der Waals surface area contributed by atoms with Crippen LogP contribution in [0.4, 0.5) is 10.1 Å². The first kappa shape index (κ1) is 18.2. The van der Waals surface area contributed by atoms with Gasteiger partial charge < -0.3 is 9.64 Å². The van der Waals surface area contributed by atoms with Crippen molar-refractivity contribution in [3.8, 4) is 5.75 Å². The Balaban J connectivity index is 1.96. The highest BCUT2D eigenvalue weighted by Gasteiger charge is 2.27. The van der Waals surface area contributed by atoms with Crippen LogP contribution in [0.15, 0.2) is 42.5 Å². The van der Waals surface area contributed by atoms with Crippen LogP contribution in [0, 0.1) is 5.82 Å². The van der Waals surface area contributed by atoms with Gasteiger partial charge in [-0.05, 0) is 42.8 Å². The zero-order chi connectivity index (χ0) is 18.7. The molecule has 1 fully saturated rings. The smallest absolute Gasteiger partial charge is 0.259 e. The number of likely N-dealkylation sites (tertiary alicyclic amines) is 1. The van der Waals surface area contributed by atoms with E-state index in [4.69, 9.17) is 16.3 Å². The molecule has 0 unspecified atom stereocenters. The third-order valence-electron chi connectivity index (χ3n) is 4.26. The van der Waals surface area contributed by atoms with Crippen molar-refractivity contribution < 1.29 is 18.7 Å². The Bertz CT molecular complexity index is 843. The van der Waals surface area contributed by atoms with E-state index in [1.807, 2.05) is 0 Å². The predicted molar refractivity (Wildman–Crippen MR) is 97.0 cm³/mol. The summed E-state index contributed by atoms with van der Waals surface area (Å²) in [5, 5.41) is -0.0845. The molecule has 1 heterocycles. The summed E-state index contributed by atoms with van der Waals surface area (Å²) in [6.45, 7) is 0.659. The summed E-state index contributed by atoms with van der Waals surface area (Å²) in [6, 6.07) is 10.8. The molecule has 0 atom stereocenters. The first-order valence-electron chi connectivity index (χ1n) is 8.18. The maximum absolute atomic E-state index is 13.5. The fourth-order valence-corrected chi connectivity index (χ4v) is 3.03. The van der Waals surface area contributed by atoms with Gasteiger partial charge in [0, 0.05) is 24.2 Å². The number of halogens is 2. The van der Waals surface area contributed by atoms with E-state index in [1.165, 1.54) is 30.2 Å². The number of hydrogen-bond donors (Lipinski definition) is 0. The zero-order valence-electron chi connectivity index (χ0n) is 14.2. The standard InChI is InChI=1S/C19H18ClFN2O3/c1-26-15-5-2-4-13(10-15)19(25)23(12-22-9-3-6-18(22)24)14-7-8-17(21)16(20)11-14/h2,4-5,7-8,10-11H,3,6,9,12H2,1H3. The first-order valence-corrected chi connectivity index (χ1v) is 8.56. The van der Waals surface area contributed by atoms with E-state index in [1.54, 1.807) is 29.2 Å². The summed E-state index contributed by atoms with van der Waals surface area (Å²) in [6.07, 6.45) is 1.22. The summed E-state index contributed by atoms with van der Waals surface area (Å²) in [5.74, 6) is -0.362. The summed E-state index contributed by atoms with van der Waals surface area (Å²) in [4.78, 5) is 28.1. The van der Waals surface area contributed by atoms with Crippen LogP contribution in [-0.4, -0.2) is 37.0 Å². The molecule has 0 spiro atoms. The van der Waals surface area contributed by atoms with Gasteiger partial charge in [0.2, 0.25) is 5.91 Å². The predicted octanol–water partition coefficient (Wildman–Crippen LogP) is 3.71. The molecule has 0 aliphatic carbocycles. The molecule has 26 heavy (non-hydrogen) atoms. The number of ether oxygens (including phenoxy) is 1. The number of methoxy groups -OCH3 is 1. The molecule has 0 N–H and O–H groups in total. The van der Waals surface area contributed by atoms with Gasteiger partial charge >= 0.3 is 0 Å². The molecule has 1 aliphatic rings. The minimum absolute atomic E-state index is 0.0124. The number of carbonyl (C=O) groups excluding carboxylic acids is 2. The van der Waals surface area contributed by atoms with Crippen molar-refractivity contribution in [1.82, 2.24) is 4.90 Å². The summed E-state index contributed by atoms with van der Waals surface area (Å²) >= 11 is 5.89. The van der Waals surface area contributed by atoms with Crippen molar-refractivity contribution in [2.24, 2.45) is 0 Å². The number of carbonyl (C=O) groups is 2. The number of anilines is 1. The second-order valence-electron chi connectivity index (χ2n) is 5.97. The van der Waals surface area contributed by atoms with Crippen LogP contribution in [0.5, 0.6) is 5.75 Å². The molecule has 5 nitrogen and oxygen atoms in total. The minimum atomic E-state index is -0.568. The highest BCUT2D eigenvalue weighted by atomic mass is 35.5. The summed E-state index contributed by atoms with van der Waals surface area (Å²) < 4.78 is 18.7. The molecule has 0 aromatic heterocycles. The molecule has 2 aromatic carbocycles. The third-order valence-corrected chi connectivity index (χ3v) is 4.55. The van der Waals surface area contributed by atoms with Crippen molar-refractivity contribution in [3.63, 3.8) is 0 Å².